The number of phenols is 1. The van der Waals surface area contributed by atoms with Crippen LogP contribution in [0.25, 0.3) is 0 Å². The molecule has 3 heterocycles. The van der Waals surface area contributed by atoms with Crippen molar-refractivity contribution in [2.45, 2.75) is 24.2 Å². The molecule has 9 rings (SSSR count). The van der Waals surface area contributed by atoms with Gasteiger partial charge in [-0.05, 0) is 96.6 Å². The summed E-state index contributed by atoms with van der Waals surface area (Å²) >= 11 is 12.7. The Morgan fingerprint density at radius 3 is 2.26 bits per heavy atom. The Labute approximate surface area is 337 Å². The van der Waals surface area contributed by atoms with Crippen molar-refractivity contribution in [3.8, 4) is 11.5 Å². The van der Waals surface area contributed by atoms with Crippen LogP contribution in [-0.4, -0.2) is 67.2 Å². The van der Waals surface area contributed by atoms with Crippen LogP contribution in [0.3, 0.4) is 0 Å². The van der Waals surface area contributed by atoms with Crippen LogP contribution in [0.15, 0.2) is 96.6 Å². The van der Waals surface area contributed by atoms with E-state index in [0.29, 0.717) is 46.4 Å². The number of imide groups is 2. The number of carbonyl (C=O) groups is 4. The summed E-state index contributed by atoms with van der Waals surface area (Å²) in [5.41, 5.74) is 4.36. The van der Waals surface area contributed by atoms with Crippen molar-refractivity contribution in [3.63, 3.8) is 0 Å². The highest BCUT2D eigenvalue weighted by molar-refractivity contribution is 6.36. The fraction of sp³-hybridized carbons (Fsp3) is 0.302. The van der Waals surface area contributed by atoms with Gasteiger partial charge in [-0.3, -0.25) is 29.5 Å². The van der Waals surface area contributed by atoms with E-state index in [-0.39, 0.29) is 29.5 Å². The van der Waals surface area contributed by atoms with Crippen LogP contribution in [0.2, 0.25) is 10.0 Å². The number of benzene rings is 4. The van der Waals surface area contributed by atoms with Crippen molar-refractivity contribution in [2.75, 3.05) is 48.6 Å². The smallest absolute Gasteiger partial charge is 0.260 e. The Morgan fingerprint density at radius 1 is 0.860 bits per heavy atom. The van der Waals surface area contributed by atoms with Crippen LogP contribution >= 0.6 is 23.2 Å². The van der Waals surface area contributed by atoms with E-state index in [1.807, 2.05) is 18.2 Å². The van der Waals surface area contributed by atoms with E-state index in [2.05, 4.69) is 10.3 Å². The number of nitrogens with one attached hydrogen (secondary N) is 1. The van der Waals surface area contributed by atoms with Crippen LogP contribution in [0.5, 0.6) is 11.5 Å². The van der Waals surface area contributed by atoms with Crippen LogP contribution < -0.4 is 20.0 Å². The van der Waals surface area contributed by atoms with E-state index >= 15 is 9.18 Å². The zero-order valence-electron chi connectivity index (χ0n) is 30.7. The van der Waals surface area contributed by atoms with Crippen molar-refractivity contribution in [2.24, 2.45) is 23.7 Å². The van der Waals surface area contributed by atoms with Gasteiger partial charge in [0.15, 0.2) is 11.6 Å². The lowest BCUT2D eigenvalue weighted by Gasteiger charge is -2.50. The number of amides is 4. The molecule has 5 aliphatic rings. The standard InChI is InChI=1S/C43H37Cl2FN4O7/c1-56-28-10-3-24(4-11-28)43-32(40(53)50(42(43)55)47-35-14-5-25(44)21-33(35)45)22-31-29(38(43)23-2-15-36(51)34(46)20-23)12-13-30-37(31)41(54)49(39(30)52)27-8-6-26(7-9-27)48-16-18-57-19-17-48/h2-12,14-15,20-21,30-32,37-38,47,51H,13,16-19,22H2,1H3/t30-,31+,32-,37-,38-,43+/m0/s1. The minimum atomic E-state index is -1.67. The summed E-state index contributed by atoms with van der Waals surface area (Å²) in [6, 6.07) is 22.7. The third-order valence-corrected chi connectivity index (χ3v) is 12.9. The molecule has 11 nitrogen and oxygen atoms in total. The Morgan fingerprint density at radius 2 is 1.58 bits per heavy atom. The third kappa shape index (κ3) is 5.79. The number of halogens is 3. The van der Waals surface area contributed by atoms with Crippen molar-refractivity contribution in [3.05, 3.63) is 124 Å². The van der Waals surface area contributed by atoms with Crippen molar-refractivity contribution >= 4 is 63.9 Å². The highest BCUT2D eigenvalue weighted by atomic mass is 35.5. The maximum atomic E-state index is 15.5. The molecule has 6 atom stereocenters. The minimum absolute atomic E-state index is 0.0377. The predicted octanol–water partition coefficient (Wildman–Crippen LogP) is 6.87. The predicted molar refractivity (Wildman–Crippen MR) is 211 cm³/mol. The van der Waals surface area contributed by atoms with E-state index in [1.165, 1.54) is 36.3 Å². The second-order valence-electron chi connectivity index (χ2n) is 15.1. The topological polar surface area (TPSA) is 129 Å². The second kappa shape index (κ2) is 14.2. The molecule has 3 aliphatic heterocycles. The molecule has 4 aromatic rings. The van der Waals surface area contributed by atoms with Gasteiger partial charge in [0.25, 0.3) is 11.8 Å². The molecule has 292 valence electrons. The monoisotopic (exact) mass is 810 g/mol. The lowest BCUT2D eigenvalue weighted by atomic mass is 9.49. The number of methoxy groups -OCH3 is 1. The normalized spacial score (nSPS) is 26.9. The number of carbonyl (C=O) groups excluding carboxylic acids is 4. The van der Waals surface area contributed by atoms with Crippen molar-refractivity contribution in [1.82, 2.24) is 5.01 Å². The first-order valence-corrected chi connectivity index (χ1v) is 19.5. The Bertz CT molecular complexity index is 2350. The van der Waals surface area contributed by atoms with Crippen LogP contribution in [0.4, 0.5) is 21.5 Å². The molecule has 0 radical (unpaired) electrons. The molecule has 2 N–H and O–H groups in total. The summed E-state index contributed by atoms with van der Waals surface area (Å²) in [6.45, 7) is 2.68. The van der Waals surface area contributed by atoms with Crippen molar-refractivity contribution < 1.29 is 38.1 Å². The molecule has 0 spiro atoms. The van der Waals surface area contributed by atoms with Gasteiger partial charge < -0.3 is 19.5 Å². The molecule has 0 bridgehead atoms. The van der Waals surface area contributed by atoms with E-state index in [4.69, 9.17) is 32.7 Å². The number of rotatable bonds is 7. The number of hydrazine groups is 1. The molecular weight excluding hydrogens is 774 g/mol. The lowest BCUT2D eigenvalue weighted by molar-refractivity contribution is -0.138. The number of ether oxygens (including phenoxy) is 2. The summed E-state index contributed by atoms with van der Waals surface area (Å²) in [4.78, 5) is 62.7. The van der Waals surface area contributed by atoms with Gasteiger partial charge in [0.1, 0.15) is 5.75 Å². The quantitative estimate of drug-likeness (QED) is 0.152. The molecule has 3 saturated heterocycles. The fourth-order valence-electron chi connectivity index (χ4n) is 9.81. The Kier molecular flexibility index (Phi) is 9.25. The average molecular weight is 812 g/mol. The average Bonchev–Trinajstić information content (AvgIpc) is 3.60. The van der Waals surface area contributed by atoms with Gasteiger partial charge in [-0.15, -0.1) is 0 Å². The van der Waals surface area contributed by atoms with E-state index in [1.54, 1.807) is 48.5 Å². The van der Waals surface area contributed by atoms with E-state index in [9.17, 15) is 19.5 Å². The Balaban J connectivity index is 1.17. The van der Waals surface area contributed by atoms with E-state index < -0.39 is 64.3 Å². The first kappa shape index (κ1) is 37.2. The maximum Gasteiger partial charge on any atom is 0.260 e. The van der Waals surface area contributed by atoms with Gasteiger partial charge in [0, 0.05) is 29.7 Å². The number of phenolic OH excluding ortho intramolecular Hbond substituents is 1. The van der Waals surface area contributed by atoms with Crippen LogP contribution in [-0.2, 0) is 29.3 Å². The minimum Gasteiger partial charge on any atom is -0.505 e. The number of anilines is 3. The fourth-order valence-corrected chi connectivity index (χ4v) is 10.3. The number of nitrogens with zero attached hydrogens (tertiary/aromatic N) is 3. The number of hydrogen-bond acceptors (Lipinski definition) is 9. The molecule has 14 heteroatoms. The van der Waals surface area contributed by atoms with Gasteiger partial charge in [0.2, 0.25) is 11.8 Å². The van der Waals surface area contributed by atoms with Gasteiger partial charge in [-0.1, -0.05) is 53.1 Å². The first-order valence-electron chi connectivity index (χ1n) is 18.8. The highest BCUT2D eigenvalue weighted by Gasteiger charge is 2.70. The summed E-state index contributed by atoms with van der Waals surface area (Å²) in [5, 5.41) is 11.8. The molecule has 0 aromatic heterocycles. The molecule has 57 heavy (non-hydrogen) atoms. The third-order valence-electron chi connectivity index (χ3n) is 12.4. The lowest BCUT2D eigenvalue weighted by Crippen LogP contribution is -2.53. The summed E-state index contributed by atoms with van der Waals surface area (Å²) in [6.07, 6.45) is 2.12. The number of morpholine rings is 1. The number of fused-ring (bicyclic) bond motifs is 4. The molecule has 4 aromatic carbocycles. The second-order valence-corrected chi connectivity index (χ2v) is 15.9. The van der Waals surface area contributed by atoms with Gasteiger partial charge in [-0.25, -0.2) is 4.39 Å². The summed E-state index contributed by atoms with van der Waals surface area (Å²) in [5.74, 6) is -7.26. The number of aromatic hydroxyl groups is 1. The first-order chi connectivity index (χ1) is 27.5. The molecule has 4 amide bonds. The van der Waals surface area contributed by atoms with Crippen molar-refractivity contribution in [1.29, 1.82) is 0 Å². The molecule has 4 fully saturated rings. The molecule has 1 saturated carbocycles. The molecule has 0 unspecified atom stereocenters. The molecular formula is C43H37Cl2FN4O7. The summed E-state index contributed by atoms with van der Waals surface area (Å²) in [7, 11) is 1.51. The molecule has 2 aliphatic carbocycles. The summed E-state index contributed by atoms with van der Waals surface area (Å²) < 4.78 is 26.4. The van der Waals surface area contributed by atoms with Gasteiger partial charge >= 0.3 is 0 Å². The highest BCUT2D eigenvalue weighted by Crippen LogP contribution is 2.64. The van der Waals surface area contributed by atoms with Gasteiger partial charge in [0.05, 0.1) is 59.9 Å². The van der Waals surface area contributed by atoms with Crippen LogP contribution in [0.1, 0.15) is 29.9 Å². The number of allylic oxidation sites excluding steroid dienone is 2. The zero-order valence-corrected chi connectivity index (χ0v) is 32.2. The number of hydrogen-bond donors (Lipinski definition) is 2. The van der Waals surface area contributed by atoms with Gasteiger partial charge in [-0.2, -0.15) is 5.01 Å². The van der Waals surface area contributed by atoms with Crippen LogP contribution in [0, 0.1) is 29.5 Å². The SMILES string of the molecule is COc1ccc([C@@]23C(=O)N(Nc4ccc(Cl)cc4Cl)C(=O)[C@@H]2C[C@@H]2C(=CC[C@@H]4C(=O)N(c5ccc(N6CCOCC6)cc5)C(=O)[C@@H]42)[C@@H]3c2ccc(O)c(F)c2)cc1. The van der Waals surface area contributed by atoms with E-state index in [0.717, 1.165) is 23.8 Å². The maximum absolute atomic E-state index is 15.5. The zero-order chi connectivity index (χ0) is 39.7. The largest absolute Gasteiger partial charge is 0.505 e. The Hall–Kier alpha value is -5.43.